The maximum Gasteiger partial charge on any atom is 0.0472 e. The maximum atomic E-state index is 5.60. The lowest BCUT2D eigenvalue weighted by Crippen LogP contribution is -2.02. The first-order valence-electron chi connectivity index (χ1n) is 7.51. The summed E-state index contributed by atoms with van der Waals surface area (Å²) in [5, 5.41) is 3.47. The summed E-state index contributed by atoms with van der Waals surface area (Å²) in [6.07, 6.45) is 2.02. The maximum absolute atomic E-state index is 5.60. The average molecular weight is 315 g/mol. The average Bonchev–Trinajstić information content (AvgIpc) is 2.63. The van der Waals surface area contributed by atoms with Gasteiger partial charge in [0.15, 0.2) is 0 Å². The highest BCUT2D eigenvalue weighted by atomic mass is 32.1. The molecule has 0 unspecified atom stereocenters. The van der Waals surface area contributed by atoms with Crippen molar-refractivity contribution < 1.29 is 0 Å². The Kier molecular flexibility index (Phi) is 4.97. The molecule has 0 aromatic heterocycles. The van der Waals surface area contributed by atoms with Crippen molar-refractivity contribution in [1.29, 1.82) is 0 Å². The van der Waals surface area contributed by atoms with Crippen LogP contribution in [0.25, 0.3) is 5.70 Å². The number of hydrogen-bond donors (Lipinski definition) is 1. The van der Waals surface area contributed by atoms with Crippen LogP contribution in [0, 0.1) is 0 Å². The first-order valence-corrected chi connectivity index (χ1v) is 7.92. The molecule has 1 nitrogen and oxygen atoms in total. The summed E-state index contributed by atoms with van der Waals surface area (Å²) in [6, 6.07) is 30.4. The van der Waals surface area contributed by atoms with Crippen LogP contribution in [0.3, 0.4) is 0 Å². The number of rotatable bonds is 5. The zero-order valence-electron chi connectivity index (χ0n) is 12.6. The molecule has 0 amide bonds. The molecule has 1 N–H and O–H groups in total. The Hall–Kier alpha value is -2.71. The number of nitrogens with one attached hydrogen (secondary N) is 1. The molecular formula is C21H17NS. The topological polar surface area (TPSA) is 12.0 Å². The van der Waals surface area contributed by atoms with Gasteiger partial charge in [-0.15, -0.1) is 0 Å². The fourth-order valence-electron chi connectivity index (χ4n) is 2.30. The number of para-hydroxylation sites is 1. The summed E-state index contributed by atoms with van der Waals surface area (Å²) >= 11 is 5.60. The highest BCUT2D eigenvalue weighted by Crippen LogP contribution is 2.19. The molecule has 3 aromatic carbocycles. The van der Waals surface area contributed by atoms with Crippen LogP contribution in [0.15, 0.2) is 97.1 Å². The minimum absolute atomic E-state index is 0.813. The van der Waals surface area contributed by atoms with Gasteiger partial charge in [0.05, 0.1) is 0 Å². The summed E-state index contributed by atoms with van der Waals surface area (Å²) in [4.78, 5) is 0.813. The van der Waals surface area contributed by atoms with E-state index >= 15 is 0 Å². The minimum atomic E-state index is 0.813. The Morgan fingerprint density at radius 2 is 1.13 bits per heavy atom. The highest BCUT2D eigenvalue weighted by molar-refractivity contribution is 7.81. The molecule has 0 saturated carbocycles. The first kappa shape index (κ1) is 15.2. The molecule has 0 radical (unpaired) electrons. The molecule has 112 valence electrons. The van der Waals surface area contributed by atoms with Gasteiger partial charge < -0.3 is 5.32 Å². The van der Waals surface area contributed by atoms with E-state index < -0.39 is 0 Å². The van der Waals surface area contributed by atoms with E-state index in [9.17, 15) is 0 Å². The van der Waals surface area contributed by atoms with Crippen LogP contribution in [0.2, 0.25) is 0 Å². The van der Waals surface area contributed by atoms with Gasteiger partial charge in [0.25, 0.3) is 0 Å². The molecule has 3 aromatic rings. The van der Waals surface area contributed by atoms with Gasteiger partial charge in [0, 0.05) is 16.2 Å². The molecule has 2 heteroatoms. The molecule has 0 aliphatic heterocycles. The van der Waals surface area contributed by atoms with Crippen molar-refractivity contribution in [3.05, 3.63) is 108 Å². The van der Waals surface area contributed by atoms with E-state index in [4.69, 9.17) is 12.2 Å². The van der Waals surface area contributed by atoms with Crippen LogP contribution in [-0.2, 0) is 0 Å². The zero-order chi connectivity index (χ0) is 15.9. The molecular weight excluding hydrogens is 298 g/mol. The second kappa shape index (κ2) is 7.52. The van der Waals surface area contributed by atoms with Gasteiger partial charge in [0.1, 0.15) is 0 Å². The Morgan fingerprint density at radius 1 is 0.652 bits per heavy atom. The number of allylic oxidation sites excluding steroid dienone is 1. The van der Waals surface area contributed by atoms with Crippen LogP contribution in [-0.4, -0.2) is 4.86 Å². The van der Waals surface area contributed by atoms with Crippen molar-refractivity contribution in [2.75, 3.05) is 5.32 Å². The summed E-state index contributed by atoms with van der Waals surface area (Å²) in [7, 11) is 0. The second-order valence-electron chi connectivity index (χ2n) is 5.15. The fourth-order valence-corrected chi connectivity index (χ4v) is 2.56. The van der Waals surface area contributed by atoms with Crippen LogP contribution in [0.1, 0.15) is 11.1 Å². The zero-order valence-corrected chi connectivity index (χ0v) is 13.5. The smallest absolute Gasteiger partial charge is 0.0472 e. The second-order valence-corrected chi connectivity index (χ2v) is 5.59. The predicted octanol–water partition coefficient (Wildman–Crippen LogP) is 5.56. The van der Waals surface area contributed by atoms with E-state index in [1.165, 1.54) is 0 Å². The lowest BCUT2D eigenvalue weighted by atomic mass is 10.1. The van der Waals surface area contributed by atoms with Gasteiger partial charge in [0.2, 0.25) is 0 Å². The molecule has 0 saturated heterocycles. The predicted molar refractivity (Wildman–Crippen MR) is 103 cm³/mol. The van der Waals surface area contributed by atoms with Gasteiger partial charge in [-0.3, -0.25) is 0 Å². The molecule has 0 fully saturated rings. The Balaban J connectivity index is 1.95. The van der Waals surface area contributed by atoms with E-state index in [1.807, 2.05) is 84.9 Å². The van der Waals surface area contributed by atoms with Crippen molar-refractivity contribution in [3.63, 3.8) is 0 Å². The van der Waals surface area contributed by atoms with Crippen LogP contribution in [0.4, 0.5) is 5.69 Å². The summed E-state index contributed by atoms with van der Waals surface area (Å²) in [6.45, 7) is 0. The summed E-state index contributed by atoms with van der Waals surface area (Å²) in [5.74, 6) is 0. The van der Waals surface area contributed by atoms with Crippen molar-refractivity contribution in [1.82, 2.24) is 0 Å². The Morgan fingerprint density at radius 3 is 1.70 bits per heavy atom. The number of hydrogen-bond acceptors (Lipinski definition) is 2. The molecule has 0 heterocycles. The quantitative estimate of drug-likeness (QED) is 0.376. The normalized spacial score (nSPS) is 11.0. The lowest BCUT2D eigenvalue weighted by Gasteiger charge is -2.12. The third-order valence-corrected chi connectivity index (χ3v) is 3.82. The highest BCUT2D eigenvalue weighted by Gasteiger charge is 2.05. The third-order valence-electron chi connectivity index (χ3n) is 3.47. The molecule has 0 bridgehead atoms. The van der Waals surface area contributed by atoms with Crippen LogP contribution >= 0.6 is 12.2 Å². The van der Waals surface area contributed by atoms with Crippen molar-refractivity contribution in [3.8, 4) is 0 Å². The van der Waals surface area contributed by atoms with Gasteiger partial charge in [-0.05, 0) is 29.3 Å². The van der Waals surface area contributed by atoms with E-state index in [2.05, 4.69) is 17.4 Å². The Labute approximate surface area is 142 Å². The molecule has 0 atom stereocenters. The van der Waals surface area contributed by atoms with Crippen molar-refractivity contribution in [2.24, 2.45) is 0 Å². The monoisotopic (exact) mass is 315 g/mol. The molecule has 23 heavy (non-hydrogen) atoms. The van der Waals surface area contributed by atoms with Crippen molar-refractivity contribution in [2.45, 2.75) is 0 Å². The first-order chi connectivity index (χ1) is 11.3. The van der Waals surface area contributed by atoms with Crippen molar-refractivity contribution >= 4 is 28.5 Å². The number of benzene rings is 3. The molecule has 0 spiro atoms. The van der Waals surface area contributed by atoms with Crippen LogP contribution < -0.4 is 5.32 Å². The fraction of sp³-hybridized carbons (Fsp3) is 0. The Bertz CT molecular complexity index is 793. The molecule has 0 aliphatic carbocycles. The SMILES string of the molecule is S=C(C=C(Nc1ccccc1)c1ccccc1)c1ccccc1. The van der Waals surface area contributed by atoms with E-state index in [-0.39, 0.29) is 0 Å². The summed E-state index contributed by atoms with van der Waals surface area (Å²) < 4.78 is 0. The van der Waals surface area contributed by atoms with Crippen LogP contribution in [0.5, 0.6) is 0 Å². The van der Waals surface area contributed by atoms with E-state index in [1.54, 1.807) is 0 Å². The molecule has 0 aliphatic rings. The van der Waals surface area contributed by atoms with E-state index in [0.29, 0.717) is 0 Å². The largest absolute Gasteiger partial charge is 0.355 e. The van der Waals surface area contributed by atoms with Gasteiger partial charge >= 0.3 is 0 Å². The van der Waals surface area contributed by atoms with Gasteiger partial charge in [-0.25, -0.2) is 0 Å². The van der Waals surface area contributed by atoms with Gasteiger partial charge in [-0.1, -0.05) is 91.1 Å². The lowest BCUT2D eigenvalue weighted by molar-refractivity contribution is 1.53. The molecule has 3 rings (SSSR count). The van der Waals surface area contributed by atoms with Gasteiger partial charge in [-0.2, -0.15) is 0 Å². The van der Waals surface area contributed by atoms with E-state index in [0.717, 1.165) is 27.4 Å². The summed E-state index contributed by atoms with van der Waals surface area (Å²) in [5.41, 5.74) is 4.18. The third kappa shape index (κ3) is 4.15. The number of thiocarbonyl (C=S) groups is 1. The number of anilines is 1. The standard InChI is InChI=1S/C21H17NS/c23-21(18-12-6-2-7-13-18)16-20(17-10-4-1-5-11-17)22-19-14-8-3-9-15-19/h1-16,22H. The minimum Gasteiger partial charge on any atom is -0.355 e.